The van der Waals surface area contributed by atoms with Gasteiger partial charge in [-0.1, -0.05) is 12.1 Å². The lowest BCUT2D eigenvalue weighted by atomic mass is 10.2. The van der Waals surface area contributed by atoms with Crippen LogP contribution in [0.1, 0.15) is 25.7 Å². The van der Waals surface area contributed by atoms with E-state index in [1.54, 1.807) is 31.2 Å². The van der Waals surface area contributed by atoms with E-state index in [2.05, 4.69) is 0 Å². The van der Waals surface area contributed by atoms with Gasteiger partial charge < -0.3 is 9.15 Å². The molecular weight excluding hydrogens is 220 g/mol. The number of hydrogen-bond donors (Lipinski definition) is 0. The molecule has 0 bridgehead atoms. The predicted octanol–water partition coefficient (Wildman–Crippen LogP) is 2.42. The Balaban J connectivity index is 2.50. The number of carbonyl (C=O) groups is 1. The van der Waals surface area contributed by atoms with E-state index in [4.69, 9.17) is 9.15 Å². The SMILES string of the molecule is CC(=O)OC(C)c1cc(=O)c2ccccc2o1. The van der Waals surface area contributed by atoms with E-state index in [0.29, 0.717) is 16.7 Å². The van der Waals surface area contributed by atoms with E-state index >= 15 is 0 Å². The summed E-state index contributed by atoms with van der Waals surface area (Å²) in [6, 6.07) is 8.32. The molecule has 1 heterocycles. The zero-order chi connectivity index (χ0) is 12.4. The Kier molecular flexibility index (Phi) is 2.95. The fourth-order valence-electron chi connectivity index (χ4n) is 1.63. The first-order chi connectivity index (χ1) is 8.08. The summed E-state index contributed by atoms with van der Waals surface area (Å²) in [7, 11) is 0. The van der Waals surface area contributed by atoms with Gasteiger partial charge in [0.2, 0.25) is 0 Å². The first-order valence-corrected chi connectivity index (χ1v) is 5.28. The van der Waals surface area contributed by atoms with Gasteiger partial charge in [-0.05, 0) is 19.1 Å². The highest BCUT2D eigenvalue weighted by molar-refractivity contribution is 5.76. The Bertz CT molecular complexity index is 612. The normalized spacial score (nSPS) is 12.4. The van der Waals surface area contributed by atoms with Crippen molar-refractivity contribution in [1.82, 2.24) is 0 Å². The first-order valence-electron chi connectivity index (χ1n) is 5.28. The molecule has 0 saturated carbocycles. The fraction of sp³-hybridized carbons (Fsp3) is 0.231. The highest BCUT2D eigenvalue weighted by Crippen LogP contribution is 2.19. The summed E-state index contributed by atoms with van der Waals surface area (Å²) in [4.78, 5) is 22.6. The van der Waals surface area contributed by atoms with Crippen molar-refractivity contribution in [3.05, 3.63) is 46.3 Å². The number of esters is 1. The van der Waals surface area contributed by atoms with Gasteiger partial charge in [0.05, 0.1) is 5.39 Å². The van der Waals surface area contributed by atoms with Crippen molar-refractivity contribution in [2.75, 3.05) is 0 Å². The summed E-state index contributed by atoms with van der Waals surface area (Å²) in [6.45, 7) is 2.98. The van der Waals surface area contributed by atoms with E-state index in [-0.39, 0.29) is 5.43 Å². The zero-order valence-electron chi connectivity index (χ0n) is 9.60. The summed E-state index contributed by atoms with van der Waals surface area (Å²) in [5.74, 6) is -0.0581. The number of hydrogen-bond acceptors (Lipinski definition) is 4. The van der Waals surface area contributed by atoms with Gasteiger partial charge >= 0.3 is 5.97 Å². The third kappa shape index (κ3) is 2.36. The van der Waals surface area contributed by atoms with Crippen LogP contribution in [-0.4, -0.2) is 5.97 Å². The van der Waals surface area contributed by atoms with Crippen molar-refractivity contribution in [2.45, 2.75) is 20.0 Å². The minimum atomic E-state index is -0.565. The van der Waals surface area contributed by atoms with Gasteiger partial charge in [-0.2, -0.15) is 0 Å². The summed E-state index contributed by atoms with van der Waals surface area (Å²) in [5, 5.41) is 0.520. The molecule has 0 saturated heterocycles. The average molecular weight is 232 g/mol. The maximum Gasteiger partial charge on any atom is 0.303 e. The standard InChI is InChI=1S/C13H12O4/c1-8(16-9(2)14)13-7-11(15)10-5-3-4-6-12(10)17-13/h3-8H,1-2H3. The van der Waals surface area contributed by atoms with Crippen molar-refractivity contribution < 1.29 is 13.9 Å². The van der Waals surface area contributed by atoms with E-state index in [1.807, 2.05) is 0 Å². The van der Waals surface area contributed by atoms with Gasteiger partial charge in [0.15, 0.2) is 11.5 Å². The Hall–Kier alpha value is -2.10. The van der Waals surface area contributed by atoms with Crippen LogP contribution in [0.5, 0.6) is 0 Å². The molecule has 0 aliphatic heterocycles. The van der Waals surface area contributed by atoms with Crippen molar-refractivity contribution >= 4 is 16.9 Å². The molecule has 1 aromatic heterocycles. The Morgan fingerprint density at radius 2 is 2.06 bits per heavy atom. The second-order valence-corrected chi connectivity index (χ2v) is 3.76. The molecule has 0 aliphatic rings. The molecule has 0 amide bonds. The molecule has 1 unspecified atom stereocenters. The molecule has 1 aromatic carbocycles. The molecule has 4 heteroatoms. The molecule has 0 spiro atoms. The molecule has 88 valence electrons. The Labute approximate surface area is 97.8 Å². The number of para-hydroxylation sites is 1. The van der Waals surface area contributed by atoms with Crippen LogP contribution in [-0.2, 0) is 9.53 Å². The maximum atomic E-state index is 11.8. The number of fused-ring (bicyclic) bond motifs is 1. The smallest absolute Gasteiger partial charge is 0.303 e. The average Bonchev–Trinajstić information content (AvgIpc) is 2.28. The van der Waals surface area contributed by atoms with Crippen molar-refractivity contribution in [1.29, 1.82) is 0 Å². The van der Waals surface area contributed by atoms with E-state index < -0.39 is 12.1 Å². The first kappa shape index (κ1) is 11.4. The lowest BCUT2D eigenvalue weighted by Crippen LogP contribution is -2.09. The summed E-state index contributed by atoms with van der Waals surface area (Å²) in [6.07, 6.45) is -0.565. The lowest BCUT2D eigenvalue weighted by Gasteiger charge is -2.11. The van der Waals surface area contributed by atoms with E-state index in [9.17, 15) is 9.59 Å². The van der Waals surface area contributed by atoms with Gasteiger partial charge in [-0.3, -0.25) is 9.59 Å². The van der Waals surface area contributed by atoms with Crippen LogP contribution < -0.4 is 5.43 Å². The van der Waals surface area contributed by atoms with Gasteiger partial charge in [0, 0.05) is 13.0 Å². The molecule has 2 aromatic rings. The number of ether oxygens (including phenoxy) is 1. The molecule has 2 rings (SSSR count). The topological polar surface area (TPSA) is 56.5 Å². The minimum Gasteiger partial charge on any atom is -0.457 e. The monoisotopic (exact) mass is 232 g/mol. The zero-order valence-corrected chi connectivity index (χ0v) is 9.60. The molecular formula is C13H12O4. The second kappa shape index (κ2) is 4.41. The fourth-order valence-corrected chi connectivity index (χ4v) is 1.63. The summed E-state index contributed by atoms with van der Waals surface area (Å²) < 4.78 is 10.5. The lowest BCUT2D eigenvalue weighted by molar-refractivity contribution is -0.146. The van der Waals surface area contributed by atoms with E-state index in [0.717, 1.165) is 0 Å². The predicted molar refractivity (Wildman–Crippen MR) is 62.7 cm³/mol. The molecule has 0 aliphatic carbocycles. The summed E-state index contributed by atoms with van der Waals surface area (Å²) >= 11 is 0. The van der Waals surface area contributed by atoms with Gasteiger partial charge in [-0.25, -0.2) is 0 Å². The molecule has 1 atom stereocenters. The summed E-state index contributed by atoms with van der Waals surface area (Å²) in [5.41, 5.74) is 0.356. The molecule has 0 fully saturated rings. The molecule has 0 radical (unpaired) electrons. The highest BCUT2D eigenvalue weighted by Gasteiger charge is 2.13. The van der Waals surface area contributed by atoms with Crippen LogP contribution in [0.25, 0.3) is 11.0 Å². The van der Waals surface area contributed by atoms with Crippen molar-refractivity contribution in [3.63, 3.8) is 0 Å². The maximum absolute atomic E-state index is 11.8. The molecule has 0 N–H and O–H groups in total. The van der Waals surface area contributed by atoms with Gasteiger partial charge in [-0.15, -0.1) is 0 Å². The highest BCUT2D eigenvalue weighted by atomic mass is 16.5. The third-order valence-corrected chi connectivity index (χ3v) is 2.40. The Morgan fingerprint density at radius 3 is 2.76 bits per heavy atom. The second-order valence-electron chi connectivity index (χ2n) is 3.76. The minimum absolute atomic E-state index is 0.138. The van der Waals surface area contributed by atoms with Crippen LogP contribution in [0, 0.1) is 0 Å². The third-order valence-electron chi connectivity index (χ3n) is 2.40. The van der Waals surface area contributed by atoms with Crippen molar-refractivity contribution in [3.8, 4) is 0 Å². The van der Waals surface area contributed by atoms with Crippen LogP contribution >= 0.6 is 0 Å². The van der Waals surface area contributed by atoms with Crippen molar-refractivity contribution in [2.24, 2.45) is 0 Å². The largest absolute Gasteiger partial charge is 0.457 e. The number of carbonyl (C=O) groups excluding carboxylic acids is 1. The molecule has 17 heavy (non-hydrogen) atoms. The van der Waals surface area contributed by atoms with Gasteiger partial charge in [0.25, 0.3) is 0 Å². The van der Waals surface area contributed by atoms with Crippen LogP contribution in [0.15, 0.2) is 39.5 Å². The van der Waals surface area contributed by atoms with Crippen LogP contribution in [0.2, 0.25) is 0 Å². The van der Waals surface area contributed by atoms with Crippen LogP contribution in [0.3, 0.4) is 0 Å². The molecule has 4 nitrogen and oxygen atoms in total. The van der Waals surface area contributed by atoms with Crippen LogP contribution in [0.4, 0.5) is 0 Å². The quantitative estimate of drug-likeness (QED) is 0.746. The van der Waals surface area contributed by atoms with Gasteiger partial charge in [0.1, 0.15) is 11.3 Å². The van der Waals surface area contributed by atoms with E-state index in [1.165, 1.54) is 13.0 Å². The Morgan fingerprint density at radius 1 is 1.35 bits per heavy atom. The number of benzene rings is 1. The number of rotatable bonds is 2.